The number of H-pyrrole nitrogens is 1. The van der Waals surface area contributed by atoms with Gasteiger partial charge in [0.15, 0.2) is 0 Å². The highest BCUT2D eigenvalue weighted by atomic mass is 32.1. The van der Waals surface area contributed by atoms with Crippen molar-refractivity contribution in [1.82, 2.24) is 20.6 Å². The average Bonchev–Trinajstić information content (AvgIpc) is 3.28. The standard InChI is InChI=1S/C19H19F3N4OS/c1-4-10(2)14(13-6-5-12(27)8-15(13)19(20,21)22)9-16-11(3)7-17(28-16)18-23-25-26-24-18/h5-10,27H,4H2,1-3H3,(H,23,24,25,26)/b14-9+. The molecule has 0 saturated heterocycles. The van der Waals surface area contributed by atoms with Crippen LogP contribution in [-0.2, 0) is 6.18 Å². The highest BCUT2D eigenvalue weighted by molar-refractivity contribution is 7.16. The molecule has 0 aliphatic carbocycles. The number of rotatable bonds is 5. The van der Waals surface area contributed by atoms with Crippen molar-refractivity contribution >= 4 is 23.0 Å². The molecule has 2 heterocycles. The van der Waals surface area contributed by atoms with Crippen LogP contribution < -0.4 is 0 Å². The van der Waals surface area contributed by atoms with E-state index < -0.39 is 17.5 Å². The summed E-state index contributed by atoms with van der Waals surface area (Å²) in [5, 5.41) is 23.4. The Bertz CT molecular complexity index is 993. The summed E-state index contributed by atoms with van der Waals surface area (Å²) >= 11 is 1.39. The lowest BCUT2D eigenvalue weighted by Gasteiger charge is -2.20. The number of allylic oxidation sites excluding steroid dienone is 1. The normalized spacial score (nSPS) is 13.7. The van der Waals surface area contributed by atoms with Gasteiger partial charge in [-0.1, -0.05) is 19.9 Å². The van der Waals surface area contributed by atoms with Crippen molar-refractivity contribution in [2.75, 3.05) is 0 Å². The highest BCUT2D eigenvalue weighted by Gasteiger charge is 2.35. The van der Waals surface area contributed by atoms with Gasteiger partial charge in [0.25, 0.3) is 0 Å². The van der Waals surface area contributed by atoms with Crippen molar-refractivity contribution in [3.63, 3.8) is 0 Å². The lowest BCUT2D eigenvalue weighted by Crippen LogP contribution is -2.11. The van der Waals surface area contributed by atoms with Crippen LogP contribution in [-0.4, -0.2) is 25.7 Å². The zero-order valence-electron chi connectivity index (χ0n) is 15.5. The zero-order chi connectivity index (χ0) is 20.5. The third-order valence-corrected chi connectivity index (χ3v) is 5.75. The van der Waals surface area contributed by atoms with Crippen LogP contribution >= 0.6 is 11.3 Å². The number of thiophene rings is 1. The summed E-state index contributed by atoms with van der Waals surface area (Å²) in [5.74, 6) is -0.0782. The molecule has 0 aliphatic rings. The van der Waals surface area contributed by atoms with Gasteiger partial charge in [-0.3, -0.25) is 0 Å². The molecule has 0 radical (unpaired) electrons. The Morgan fingerprint density at radius 3 is 2.68 bits per heavy atom. The van der Waals surface area contributed by atoms with Crippen molar-refractivity contribution in [1.29, 1.82) is 0 Å². The Labute approximate surface area is 163 Å². The van der Waals surface area contributed by atoms with E-state index in [1.807, 2.05) is 26.8 Å². The number of phenols is 1. The number of halogens is 3. The maximum Gasteiger partial charge on any atom is 0.417 e. The lowest BCUT2D eigenvalue weighted by atomic mass is 9.88. The van der Waals surface area contributed by atoms with E-state index >= 15 is 0 Å². The van der Waals surface area contributed by atoms with Crippen LogP contribution in [0.5, 0.6) is 5.75 Å². The molecule has 0 spiro atoms. The Balaban J connectivity index is 2.15. The molecule has 0 bridgehead atoms. The molecule has 2 aromatic heterocycles. The van der Waals surface area contributed by atoms with E-state index in [0.29, 0.717) is 17.8 Å². The van der Waals surface area contributed by atoms with Crippen LogP contribution in [0.1, 0.15) is 41.8 Å². The second kappa shape index (κ2) is 7.75. The molecule has 28 heavy (non-hydrogen) atoms. The van der Waals surface area contributed by atoms with Crippen molar-refractivity contribution in [2.45, 2.75) is 33.4 Å². The van der Waals surface area contributed by atoms with Crippen molar-refractivity contribution in [3.05, 3.63) is 45.8 Å². The first-order chi connectivity index (χ1) is 13.2. The summed E-state index contributed by atoms with van der Waals surface area (Å²) in [6.45, 7) is 5.71. The molecule has 1 atom stereocenters. The van der Waals surface area contributed by atoms with Gasteiger partial charge in [-0.2, -0.15) is 18.4 Å². The monoisotopic (exact) mass is 408 g/mol. The van der Waals surface area contributed by atoms with Crippen molar-refractivity contribution in [3.8, 4) is 16.5 Å². The maximum atomic E-state index is 13.6. The number of hydrogen-bond acceptors (Lipinski definition) is 5. The number of benzene rings is 1. The number of tetrazole rings is 1. The lowest BCUT2D eigenvalue weighted by molar-refractivity contribution is -0.137. The molecule has 0 aliphatic heterocycles. The summed E-state index contributed by atoms with van der Waals surface area (Å²) in [6, 6.07) is 5.28. The molecule has 2 N–H and O–H groups in total. The number of aromatic amines is 1. The largest absolute Gasteiger partial charge is 0.508 e. The number of aromatic nitrogens is 4. The molecule has 3 rings (SSSR count). The highest BCUT2D eigenvalue weighted by Crippen LogP contribution is 2.41. The Kier molecular flexibility index (Phi) is 5.55. The first kappa shape index (κ1) is 20.1. The minimum absolute atomic E-state index is 0.0774. The van der Waals surface area contributed by atoms with Gasteiger partial charge in [0.05, 0.1) is 10.4 Å². The summed E-state index contributed by atoms with van der Waals surface area (Å²) in [7, 11) is 0. The van der Waals surface area contributed by atoms with Gasteiger partial charge in [-0.05, 0) is 65.5 Å². The van der Waals surface area contributed by atoms with E-state index in [-0.39, 0.29) is 11.5 Å². The molecule has 3 aromatic rings. The molecule has 1 unspecified atom stereocenters. The minimum Gasteiger partial charge on any atom is -0.508 e. The van der Waals surface area contributed by atoms with E-state index in [1.54, 1.807) is 6.08 Å². The number of hydrogen-bond donors (Lipinski definition) is 2. The zero-order valence-corrected chi connectivity index (χ0v) is 16.3. The fourth-order valence-corrected chi connectivity index (χ4v) is 3.94. The topological polar surface area (TPSA) is 74.7 Å². The molecule has 5 nitrogen and oxygen atoms in total. The van der Waals surface area contributed by atoms with E-state index in [2.05, 4.69) is 20.6 Å². The molecule has 0 fully saturated rings. The van der Waals surface area contributed by atoms with Gasteiger partial charge < -0.3 is 5.11 Å². The number of aromatic hydroxyl groups is 1. The number of phenolic OH excluding ortho intramolecular Hbond substituents is 1. The maximum absolute atomic E-state index is 13.6. The molecule has 0 amide bonds. The van der Waals surface area contributed by atoms with E-state index in [0.717, 1.165) is 21.4 Å². The fraction of sp³-hybridized carbons (Fsp3) is 0.316. The SMILES string of the molecule is CCC(C)/C(=C\c1sc(-c2nn[nH]n2)cc1C)c1ccc(O)cc1C(F)(F)F. The minimum atomic E-state index is -4.57. The second-order valence-corrected chi connectivity index (χ2v) is 7.61. The van der Waals surface area contributed by atoms with Crippen LogP contribution in [0.25, 0.3) is 22.4 Å². The van der Waals surface area contributed by atoms with Crippen LogP contribution in [0.4, 0.5) is 13.2 Å². The molecule has 148 valence electrons. The Morgan fingerprint density at radius 2 is 2.07 bits per heavy atom. The van der Waals surface area contributed by atoms with E-state index in [9.17, 15) is 18.3 Å². The first-order valence-electron chi connectivity index (χ1n) is 8.67. The smallest absolute Gasteiger partial charge is 0.417 e. The van der Waals surface area contributed by atoms with Gasteiger partial charge in [0, 0.05) is 4.88 Å². The second-order valence-electron chi connectivity index (χ2n) is 6.53. The van der Waals surface area contributed by atoms with Crippen molar-refractivity contribution in [2.24, 2.45) is 5.92 Å². The van der Waals surface area contributed by atoms with E-state index in [1.165, 1.54) is 23.5 Å². The Morgan fingerprint density at radius 1 is 1.32 bits per heavy atom. The molecular formula is C19H19F3N4OS. The molecular weight excluding hydrogens is 389 g/mol. The average molecular weight is 408 g/mol. The van der Waals surface area contributed by atoms with Crippen molar-refractivity contribution < 1.29 is 18.3 Å². The number of nitrogens with zero attached hydrogens (tertiary/aromatic N) is 3. The summed E-state index contributed by atoms with van der Waals surface area (Å²) in [4.78, 5) is 1.61. The molecule has 0 saturated carbocycles. The van der Waals surface area contributed by atoms with Crippen LogP contribution in [0, 0.1) is 12.8 Å². The first-order valence-corrected chi connectivity index (χ1v) is 9.48. The van der Waals surface area contributed by atoms with Gasteiger partial charge in [-0.25, -0.2) is 0 Å². The predicted octanol–water partition coefficient (Wildman–Crippen LogP) is 5.55. The van der Waals surface area contributed by atoms with Crippen LogP contribution in [0.15, 0.2) is 24.3 Å². The van der Waals surface area contributed by atoms with Gasteiger partial charge >= 0.3 is 6.18 Å². The molecule has 1 aromatic carbocycles. The summed E-state index contributed by atoms with van der Waals surface area (Å²) in [5.41, 5.74) is 0.720. The number of aryl methyl sites for hydroxylation is 1. The fourth-order valence-electron chi connectivity index (χ4n) is 2.88. The van der Waals surface area contributed by atoms with Gasteiger partial charge in [0.2, 0.25) is 5.82 Å². The predicted molar refractivity (Wildman–Crippen MR) is 103 cm³/mol. The van der Waals surface area contributed by atoms with Crippen LogP contribution in [0.2, 0.25) is 0 Å². The summed E-state index contributed by atoms with van der Waals surface area (Å²) in [6.07, 6.45) is -2.10. The number of alkyl halides is 3. The Hall–Kier alpha value is -2.68. The third kappa shape index (κ3) is 4.09. The summed E-state index contributed by atoms with van der Waals surface area (Å²) < 4.78 is 40.8. The molecule has 9 heteroatoms. The van der Waals surface area contributed by atoms with Crippen LogP contribution in [0.3, 0.4) is 0 Å². The number of nitrogens with one attached hydrogen (secondary N) is 1. The van der Waals surface area contributed by atoms with Gasteiger partial charge in [0.1, 0.15) is 5.75 Å². The van der Waals surface area contributed by atoms with E-state index in [4.69, 9.17) is 0 Å². The third-order valence-electron chi connectivity index (χ3n) is 4.57. The van der Waals surface area contributed by atoms with Gasteiger partial charge in [-0.15, -0.1) is 21.5 Å². The quantitative estimate of drug-likeness (QED) is 0.581.